The molecule has 6 nitrogen and oxygen atoms in total. The molecule has 0 amide bonds. The third-order valence-corrected chi connectivity index (χ3v) is 7.25. The van der Waals surface area contributed by atoms with Crippen LogP contribution in [0.2, 0.25) is 10.0 Å². The Labute approximate surface area is 178 Å². The normalized spacial score (nSPS) is 16.9. The highest BCUT2D eigenvalue weighted by atomic mass is 35.5. The van der Waals surface area contributed by atoms with Crippen molar-refractivity contribution < 1.29 is 8.42 Å². The minimum atomic E-state index is -3.09. The fourth-order valence-electron chi connectivity index (χ4n) is 3.16. The predicted octanol–water partition coefficient (Wildman–Crippen LogP) is 3.30. The van der Waals surface area contributed by atoms with Crippen molar-refractivity contribution in [3.8, 4) is 0 Å². The van der Waals surface area contributed by atoms with Crippen molar-refractivity contribution in [2.75, 3.05) is 31.9 Å². The van der Waals surface area contributed by atoms with Gasteiger partial charge in [0.15, 0.2) is 5.96 Å². The number of guanidine groups is 1. The van der Waals surface area contributed by atoms with Crippen molar-refractivity contribution >= 4 is 39.2 Å². The number of aryl methyl sites for hydroxylation is 1. The maximum atomic E-state index is 12.0. The highest BCUT2D eigenvalue weighted by molar-refractivity contribution is 7.89. The van der Waals surface area contributed by atoms with Crippen molar-refractivity contribution in [3.05, 3.63) is 33.8 Å². The molecule has 0 aromatic heterocycles. The van der Waals surface area contributed by atoms with Crippen molar-refractivity contribution in [2.24, 2.45) is 4.99 Å². The van der Waals surface area contributed by atoms with E-state index in [1.807, 2.05) is 19.1 Å². The number of hydrogen-bond donors (Lipinski definition) is 2. The SMILES string of the molecule is CCNC(=NCCCc1ccc(Cl)cc1Cl)NC1CCN(S(=O)(=O)CC)CC1. The molecule has 2 N–H and O–H groups in total. The summed E-state index contributed by atoms with van der Waals surface area (Å²) in [5.41, 5.74) is 1.07. The van der Waals surface area contributed by atoms with Gasteiger partial charge in [0.05, 0.1) is 5.75 Å². The summed E-state index contributed by atoms with van der Waals surface area (Å²) < 4.78 is 25.5. The maximum Gasteiger partial charge on any atom is 0.213 e. The van der Waals surface area contributed by atoms with Crippen LogP contribution in [0.5, 0.6) is 0 Å². The Bertz CT molecular complexity index is 763. The molecule has 0 atom stereocenters. The Morgan fingerprint density at radius 2 is 1.96 bits per heavy atom. The van der Waals surface area contributed by atoms with E-state index >= 15 is 0 Å². The molecular formula is C19H30Cl2N4O2S. The largest absolute Gasteiger partial charge is 0.357 e. The lowest BCUT2D eigenvalue weighted by molar-refractivity contribution is 0.306. The van der Waals surface area contributed by atoms with Gasteiger partial charge in [0.1, 0.15) is 0 Å². The number of halogens is 2. The van der Waals surface area contributed by atoms with Crippen LogP contribution in [0.3, 0.4) is 0 Å². The highest BCUT2D eigenvalue weighted by Crippen LogP contribution is 2.22. The van der Waals surface area contributed by atoms with Gasteiger partial charge in [-0.05, 0) is 57.2 Å². The Morgan fingerprint density at radius 1 is 1.25 bits per heavy atom. The zero-order chi connectivity index (χ0) is 20.6. The summed E-state index contributed by atoms with van der Waals surface area (Å²) in [7, 11) is -3.09. The van der Waals surface area contributed by atoms with E-state index in [1.54, 1.807) is 17.3 Å². The van der Waals surface area contributed by atoms with Gasteiger partial charge in [-0.15, -0.1) is 0 Å². The van der Waals surface area contributed by atoms with Gasteiger partial charge >= 0.3 is 0 Å². The topological polar surface area (TPSA) is 73.8 Å². The predicted molar refractivity (Wildman–Crippen MR) is 118 cm³/mol. The number of rotatable bonds is 8. The first-order valence-electron chi connectivity index (χ1n) is 9.82. The Hall–Kier alpha value is -1.02. The third-order valence-electron chi connectivity index (χ3n) is 4.79. The minimum absolute atomic E-state index is 0.160. The molecule has 0 aliphatic carbocycles. The molecule has 0 spiro atoms. The van der Waals surface area contributed by atoms with E-state index in [2.05, 4.69) is 15.6 Å². The van der Waals surface area contributed by atoms with E-state index in [-0.39, 0.29) is 11.8 Å². The van der Waals surface area contributed by atoms with E-state index in [1.165, 1.54) is 0 Å². The van der Waals surface area contributed by atoms with Crippen molar-refractivity contribution in [2.45, 2.75) is 45.6 Å². The number of nitrogens with zero attached hydrogens (tertiary/aromatic N) is 2. The average Bonchev–Trinajstić information content (AvgIpc) is 2.67. The second-order valence-corrected chi connectivity index (χ2v) is 9.92. The summed E-state index contributed by atoms with van der Waals surface area (Å²) >= 11 is 12.1. The number of hydrogen-bond acceptors (Lipinski definition) is 3. The molecule has 1 aromatic rings. The van der Waals surface area contributed by atoms with Gasteiger partial charge in [0.2, 0.25) is 10.0 Å². The molecule has 0 unspecified atom stereocenters. The van der Waals surface area contributed by atoms with Gasteiger partial charge in [0.25, 0.3) is 0 Å². The molecule has 1 fully saturated rings. The molecule has 1 saturated heterocycles. The van der Waals surface area contributed by atoms with Crippen molar-refractivity contribution in [3.63, 3.8) is 0 Å². The number of benzene rings is 1. The van der Waals surface area contributed by atoms with Crippen molar-refractivity contribution in [1.82, 2.24) is 14.9 Å². The summed E-state index contributed by atoms with van der Waals surface area (Å²) in [4.78, 5) is 4.65. The summed E-state index contributed by atoms with van der Waals surface area (Å²) in [5, 5.41) is 8.03. The molecule has 9 heteroatoms. The molecule has 28 heavy (non-hydrogen) atoms. The Morgan fingerprint density at radius 3 is 2.57 bits per heavy atom. The highest BCUT2D eigenvalue weighted by Gasteiger charge is 2.26. The van der Waals surface area contributed by atoms with Gasteiger partial charge in [-0.1, -0.05) is 29.3 Å². The van der Waals surface area contributed by atoms with Gasteiger partial charge in [0, 0.05) is 42.3 Å². The Balaban J connectivity index is 1.82. The standard InChI is InChI=1S/C19H30Cl2N4O2S/c1-3-22-19(23-11-5-6-15-7-8-16(20)14-18(15)21)24-17-9-12-25(13-10-17)28(26,27)4-2/h7-8,14,17H,3-6,9-13H2,1-2H3,(H2,22,23,24). The Kier molecular flexibility index (Phi) is 9.34. The van der Waals surface area contributed by atoms with E-state index in [0.717, 1.165) is 43.8 Å². The summed E-state index contributed by atoms with van der Waals surface area (Å²) in [6.45, 7) is 6.29. The van der Waals surface area contributed by atoms with E-state index in [9.17, 15) is 8.42 Å². The van der Waals surface area contributed by atoms with Crippen LogP contribution in [0.1, 0.15) is 38.7 Å². The van der Waals surface area contributed by atoms with Crippen LogP contribution < -0.4 is 10.6 Å². The first-order chi connectivity index (χ1) is 13.4. The van der Waals surface area contributed by atoms with Crippen molar-refractivity contribution in [1.29, 1.82) is 0 Å². The zero-order valence-electron chi connectivity index (χ0n) is 16.5. The number of piperidine rings is 1. The van der Waals surface area contributed by atoms with E-state index in [4.69, 9.17) is 23.2 Å². The first-order valence-corrected chi connectivity index (χ1v) is 12.2. The smallest absolute Gasteiger partial charge is 0.213 e. The lowest BCUT2D eigenvalue weighted by Crippen LogP contribution is -2.50. The van der Waals surface area contributed by atoms with Gasteiger partial charge < -0.3 is 10.6 Å². The van der Waals surface area contributed by atoms with Gasteiger partial charge in [-0.3, -0.25) is 4.99 Å². The second-order valence-electron chi connectivity index (χ2n) is 6.82. The van der Waals surface area contributed by atoms with Crippen LogP contribution in [0, 0.1) is 0 Å². The average molecular weight is 449 g/mol. The molecule has 1 aromatic carbocycles. The fraction of sp³-hybridized carbons (Fsp3) is 0.632. The summed E-state index contributed by atoms with van der Waals surface area (Å²) in [6, 6.07) is 5.80. The van der Waals surface area contributed by atoms with E-state index in [0.29, 0.717) is 29.7 Å². The maximum absolute atomic E-state index is 12.0. The lowest BCUT2D eigenvalue weighted by Gasteiger charge is -2.32. The monoisotopic (exact) mass is 448 g/mol. The molecule has 2 rings (SSSR count). The quantitative estimate of drug-likeness (QED) is 0.363. The molecule has 158 valence electrons. The lowest BCUT2D eigenvalue weighted by atomic mass is 10.1. The van der Waals surface area contributed by atoms with Gasteiger partial charge in [-0.25, -0.2) is 12.7 Å². The van der Waals surface area contributed by atoms with Crippen LogP contribution in [-0.4, -0.2) is 56.7 Å². The van der Waals surface area contributed by atoms with Crippen LogP contribution in [-0.2, 0) is 16.4 Å². The zero-order valence-corrected chi connectivity index (χ0v) is 18.9. The molecular weight excluding hydrogens is 419 g/mol. The molecule has 1 aliphatic heterocycles. The minimum Gasteiger partial charge on any atom is -0.357 e. The van der Waals surface area contributed by atoms with Crippen LogP contribution in [0.4, 0.5) is 0 Å². The molecule has 0 radical (unpaired) electrons. The number of aliphatic imine (C=N–C) groups is 1. The third kappa shape index (κ3) is 7.10. The molecule has 0 saturated carbocycles. The molecule has 1 heterocycles. The van der Waals surface area contributed by atoms with Crippen LogP contribution in [0.25, 0.3) is 0 Å². The van der Waals surface area contributed by atoms with Crippen LogP contribution >= 0.6 is 23.2 Å². The number of sulfonamides is 1. The fourth-order valence-corrected chi connectivity index (χ4v) is 4.79. The second kappa shape index (κ2) is 11.2. The summed E-state index contributed by atoms with van der Waals surface area (Å²) in [5.74, 6) is 0.939. The van der Waals surface area contributed by atoms with E-state index < -0.39 is 10.0 Å². The molecule has 1 aliphatic rings. The van der Waals surface area contributed by atoms with Crippen LogP contribution in [0.15, 0.2) is 23.2 Å². The van der Waals surface area contributed by atoms with Gasteiger partial charge in [-0.2, -0.15) is 0 Å². The number of nitrogens with one attached hydrogen (secondary N) is 2. The first kappa shape index (κ1) is 23.3. The summed E-state index contributed by atoms with van der Waals surface area (Å²) in [6.07, 6.45) is 3.28. The molecule has 0 bridgehead atoms.